The molecule has 0 amide bonds. The molecule has 54 heavy (non-hydrogen) atoms. The van der Waals surface area contributed by atoms with Gasteiger partial charge >= 0.3 is 0 Å². The minimum Gasteiger partial charge on any atom is -0.0622 e. The smallest absolute Gasteiger partial charge is 0.00200 e. The van der Waals surface area contributed by atoms with Crippen molar-refractivity contribution in [1.82, 2.24) is 0 Å². The molecular formula is C54H44. The Labute approximate surface area is 320 Å². The average Bonchev–Trinajstić information content (AvgIpc) is 3.23. The van der Waals surface area contributed by atoms with Crippen LogP contribution in [0.25, 0.3) is 66.1 Å². The van der Waals surface area contributed by atoms with E-state index in [4.69, 9.17) is 0 Å². The first-order chi connectivity index (χ1) is 26.7. The predicted molar refractivity (Wildman–Crippen MR) is 233 cm³/mol. The van der Waals surface area contributed by atoms with Crippen LogP contribution in [0.5, 0.6) is 0 Å². The van der Waals surface area contributed by atoms with Crippen LogP contribution in [0.1, 0.15) is 22.3 Å². The molecule has 0 aliphatic heterocycles. The molecule has 0 unspecified atom stereocenters. The third kappa shape index (κ3) is 7.12. The molecule has 0 spiro atoms. The number of rotatable bonds is 7. The van der Waals surface area contributed by atoms with E-state index in [0.29, 0.717) is 0 Å². The number of hydrogen-bond acceptors (Lipinski definition) is 0. The minimum atomic E-state index is 0.972. The van der Waals surface area contributed by atoms with E-state index in [1.54, 1.807) is 0 Å². The van der Waals surface area contributed by atoms with Crippen LogP contribution in [0.2, 0.25) is 0 Å². The van der Waals surface area contributed by atoms with Gasteiger partial charge in [0.1, 0.15) is 0 Å². The van der Waals surface area contributed by atoms with Gasteiger partial charge < -0.3 is 0 Å². The summed E-state index contributed by atoms with van der Waals surface area (Å²) in [5.41, 5.74) is 15.6. The van der Waals surface area contributed by atoms with Crippen LogP contribution in [-0.2, 0) is 12.8 Å². The molecule has 0 aliphatic rings. The molecule has 9 aromatic carbocycles. The van der Waals surface area contributed by atoms with Crippen LogP contribution < -0.4 is 0 Å². The predicted octanol–water partition coefficient (Wildman–Crippen LogP) is 14.7. The Kier molecular flexibility index (Phi) is 10.3. The summed E-state index contributed by atoms with van der Waals surface area (Å²) in [6.07, 6.45) is 1.97. The second-order valence-electron chi connectivity index (χ2n) is 14.1. The Morgan fingerprint density at radius 1 is 0.296 bits per heavy atom. The highest BCUT2D eigenvalue weighted by atomic mass is 14.2. The zero-order chi connectivity index (χ0) is 36.7. The first kappa shape index (κ1) is 34.6. The summed E-state index contributed by atoms with van der Waals surface area (Å²) in [6.45, 7) is 4.32. The summed E-state index contributed by atoms with van der Waals surface area (Å²) in [5, 5.41) is 5.11. The van der Waals surface area contributed by atoms with Crippen LogP contribution in [-0.4, -0.2) is 0 Å². The van der Waals surface area contributed by atoms with Crippen molar-refractivity contribution in [3.05, 3.63) is 229 Å². The maximum atomic E-state index is 2.34. The fourth-order valence-electron chi connectivity index (χ4n) is 7.99. The monoisotopic (exact) mass is 692 g/mol. The van der Waals surface area contributed by atoms with E-state index in [1.807, 2.05) is 18.2 Å². The second kappa shape index (κ2) is 16.0. The van der Waals surface area contributed by atoms with Gasteiger partial charge in [-0.25, -0.2) is 0 Å². The molecule has 0 radical (unpaired) electrons. The molecular weight excluding hydrogens is 649 g/mol. The molecule has 0 saturated heterocycles. The van der Waals surface area contributed by atoms with Crippen molar-refractivity contribution in [2.45, 2.75) is 26.7 Å². The molecule has 9 aromatic rings. The summed E-state index contributed by atoms with van der Waals surface area (Å²) in [7, 11) is 0. The fourth-order valence-corrected chi connectivity index (χ4v) is 7.99. The molecule has 0 fully saturated rings. The highest BCUT2D eigenvalue weighted by Crippen LogP contribution is 2.48. The Morgan fingerprint density at radius 3 is 1.19 bits per heavy atom. The van der Waals surface area contributed by atoms with Gasteiger partial charge in [0.15, 0.2) is 0 Å². The summed E-state index contributed by atoms with van der Waals surface area (Å²) in [4.78, 5) is 0. The first-order valence-electron chi connectivity index (χ1n) is 19.0. The number of hydrogen-bond donors (Lipinski definition) is 0. The number of aryl methyl sites for hydroxylation is 4. The SMILES string of the molecule is Cc1cccc(-c2c3ccccc3c(-c3cccc(CCc4ccccc4)c3-c3ccccc3)c3ccccc23)c1-c1ccccc1.Cc1ccccc1. The van der Waals surface area contributed by atoms with Gasteiger partial charge in [0.25, 0.3) is 0 Å². The van der Waals surface area contributed by atoms with E-state index < -0.39 is 0 Å². The van der Waals surface area contributed by atoms with E-state index in [0.717, 1.165) is 12.8 Å². The van der Waals surface area contributed by atoms with Crippen LogP contribution in [0.3, 0.4) is 0 Å². The van der Waals surface area contributed by atoms with Crippen LogP contribution in [0.15, 0.2) is 206 Å². The Hall–Kier alpha value is -6.50. The second-order valence-corrected chi connectivity index (χ2v) is 14.1. The molecule has 0 aliphatic carbocycles. The van der Waals surface area contributed by atoms with Crippen molar-refractivity contribution in [1.29, 1.82) is 0 Å². The van der Waals surface area contributed by atoms with E-state index in [9.17, 15) is 0 Å². The Bertz CT molecular complexity index is 2580. The fraction of sp³-hybridized carbons (Fsp3) is 0.0741. The lowest BCUT2D eigenvalue weighted by Gasteiger charge is -2.23. The van der Waals surface area contributed by atoms with Crippen LogP contribution in [0.4, 0.5) is 0 Å². The van der Waals surface area contributed by atoms with Gasteiger partial charge in [0, 0.05) is 0 Å². The van der Waals surface area contributed by atoms with Gasteiger partial charge in [-0.3, -0.25) is 0 Å². The van der Waals surface area contributed by atoms with Crippen LogP contribution in [0, 0.1) is 13.8 Å². The van der Waals surface area contributed by atoms with Gasteiger partial charge in [-0.2, -0.15) is 0 Å². The Morgan fingerprint density at radius 2 is 0.704 bits per heavy atom. The molecule has 0 bridgehead atoms. The molecule has 0 saturated carbocycles. The maximum Gasteiger partial charge on any atom is -0.00200 e. The third-order valence-electron chi connectivity index (χ3n) is 10.5. The van der Waals surface area contributed by atoms with Crippen molar-refractivity contribution in [3.63, 3.8) is 0 Å². The normalized spacial score (nSPS) is 10.9. The van der Waals surface area contributed by atoms with Crippen molar-refractivity contribution < 1.29 is 0 Å². The highest BCUT2D eigenvalue weighted by molar-refractivity contribution is 6.23. The zero-order valence-electron chi connectivity index (χ0n) is 31.0. The molecule has 260 valence electrons. The average molecular weight is 693 g/mol. The molecule has 9 rings (SSSR count). The lowest BCUT2D eigenvalue weighted by atomic mass is 9.80. The third-order valence-corrected chi connectivity index (χ3v) is 10.5. The highest BCUT2D eigenvalue weighted by Gasteiger charge is 2.22. The van der Waals surface area contributed by atoms with E-state index in [2.05, 4.69) is 202 Å². The maximum absolute atomic E-state index is 2.34. The molecule has 0 heteroatoms. The van der Waals surface area contributed by atoms with Gasteiger partial charge in [0.05, 0.1) is 0 Å². The van der Waals surface area contributed by atoms with Crippen LogP contribution >= 0.6 is 0 Å². The van der Waals surface area contributed by atoms with E-state index in [1.165, 1.54) is 88.3 Å². The summed E-state index contributed by atoms with van der Waals surface area (Å²) >= 11 is 0. The standard InChI is InChI=1S/C47H36.C7H8/c1-33-17-15-29-42(44(33)35-20-7-3-8-21-35)46-38-25-11-13-27-40(38)47(41-28-14-12-26-39(41)46)43-30-16-24-37(32-31-34-18-5-2-6-19-34)45(43)36-22-9-4-10-23-36;1-7-5-3-2-4-6-7/h2-30H,31-32H2,1H3;2-6H,1H3. The van der Waals surface area contributed by atoms with Crippen molar-refractivity contribution in [3.8, 4) is 44.5 Å². The van der Waals surface area contributed by atoms with Gasteiger partial charge in [-0.05, 0) is 109 Å². The lowest BCUT2D eigenvalue weighted by molar-refractivity contribution is 0.962. The molecule has 0 nitrogen and oxygen atoms in total. The molecule has 0 aromatic heterocycles. The molecule has 0 atom stereocenters. The van der Waals surface area contributed by atoms with Gasteiger partial charge in [-0.15, -0.1) is 0 Å². The summed E-state index contributed by atoms with van der Waals surface area (Å²) in [5.74, 6) is 0. The van der Waals surface area contributed by atoms with Crippen molar-refractivity contribution in [2.75, 3.05) is 0 Å². The summed E-state index contributed by atoms with van der Waals surface area (Å²) < 4.78 is 0. The zero-order valence-corrected chi connectivity index (χ0v) is 31.0. The lowest BCUT2D eigenvalue weighted by Crippen LogP contribution is -1.99. The number of fused-ring (bicyclic) bond motifs is 2. The topological polar surface area (TPSA) is 0 Å². The van der Waals surface area contributed by atoms with Gasteiger partial charge in [-0.1, -0.05) is 212 Å². The van der Waals surface area contributed by atoms with Gasteiger partial charge in [0.2, 0.25) is 0 Å². The quantitative estimate of drug-likeness (QED) is 0.146. The van der Waals surface area contributed by atoms with Crippen molar-refractivity contribution >= 4 is 21.5 Å². The van der Waals surface area contributed by atoms with E-state index >= 15 is 0 Å². The largest absolute Gasteiger partial charge is 0.0622 e. The Balaban J connectivity index is 0.000000533. The van der Waals surface area contributed by atoms with Crippen molar-refractivity contribution in [2.24, 2.45) is 0 Å². The molecule has 0 N–H and O–H groups in total. The number of benzene rings is 9. The minimum absolute atomic E-state index is 0.972. The van der Waals surface area contributed by atoms with E-state index in [-0.39, 0.29) is 0 Å². The molecule has 0 heterocycles. The first-order valence-corrected chi connectivity index (χ1v) is 19.0. The summed E-state index contributed by atoms with van der Waals surface area (Å²) in [6, 6.07) is 74.6.